The maximum absolute atomic E-state index is 13.5. The topological polar surface area (TPSA) is 12.0 Å². The highest BCUT2D eigenvalue weighted by Gasteiger charge is 2.20. The number of nitrogens with one attached hydrogen (secondary N) is 1. The van der Waals surface area contributed by atoms with E-state index < -0.39 is 0 Å². The van der Waals surface area contributed by atoms with Crippen molar-refractivity contribution in [3.05, 3.63) is 107 Å². The lowest BCUT2D eigenvalue weighted by Crippen LogP contribution is -1.93. The van der Waals surface area contributed by atoms with Crippen molar-refractivity contribution in [1.29, 1.82) is 0 Å². The molecule has 134 valence electrons. The fraction of sp³-hybridized carbons (Fsp3) is 0.0769. The number of hydrogen-bond acceptors (Lipinski definition) is 1. The van der Waals surface area contributed by atoms with Crippen LogP contribution in [-0.4, -0.2) is 0 Å². The Labute approximate surface area is 163 Å². The van der Waals surface area contributed by atoms with Crippen LogP contribution in [0.4, 0.5) is 15.8 Å². The summed E-state index contributed by atoms with van der Waals surface area (Å²) in [5.41, 5.74) is 12.3. The molecule has 0 heterocycles. The molecule has 0 unspecified atom stereocenters. The van der Waals surface area contributed by atoms with Gasteiger partial charge in [0, 0.05) is 11.4 Å². The Morgan fingerprint density at radius 2 is 1.07 bits per heavy atom. The highest BCUT2D eigenvalue weighted by molar-refractivity contribution is 5.81. The lowest BCUT2D eigenvalue weighted by Gasteiger charge is -2.10. The van der Waals surface area contributed by atoms with Gasteiger partial charge in [-0.2, -0.15) is 0 Å². The summed E-state index contributed by atoms with van der Waals surface area (Å²) in [6.07, 6.45) is 1.78. The van der Waals surface area contributed by atoms with Gasteiger partial charge in [-0.05, 0) is 93.7 Å². The van der Waals surface area contributed by atoms with E-state index in [1.54, 1.807) is 12.1 Å². The monoisotopic (exact) mass is 363 g/mol. The fourth-order valence-electron chi connectivity index (χ4n) is 4.65. The molecule has 1 N–H and O–H groups in total. The van der Waals surface area contributed by atoms with Crippen LogP contribution in [0, 0.1) is 5.82 Å². The minimum atomic E-state index is -0.163. The molecule has 0 saturated carbocycles. The zero-order valence-electron chi connectivity index (χ0n) is 15.3. The van der Waals surface area contributed by atoms with Gasteiger partial charge < -0.3 is 5.32 Å². The molecule has 2 aliphatic carbocycles. The number of anilines is 2. The molecule has 0 aliphatic heterocycles. The van der Waals surface area contributed by atoms with E-state index in [9.17, 15) is 4.39 Å². The average molecular weight is 363 g/mol. The summed E-state index contributed by atoms with van der Waals surface area (Å²) in [5, 5.41) is 3.55. The summed E-state index contributed by atoms with van der Waals surface area (Å²) in [5.74, 6) is -0.163. The second-order valence-electron chi connectivity index (χ2n) is 7.68. The first-order valence-corrected chi connectivity index (χ1v) is 9.64. The van der Waals surface area contributed by atoms with Gasteiger partial charge in [0.2, 0.25) is 0 Å². The van der Waals surface area contributed by atoms with Crippen LogP contribution in [-0.2, 0) is 12.8 Å². The second-order valence-corrected chi connectivity index (χ2v) is 7.68. The lowest BCUT2D eigenvalue weighted by molar-refractivity contribution is 0.626. The van der Waals surface area contributed by atoms with Crippen molar-refractivity contribution in [2.45, 2.75) is 12.8 Å². The lowest BCUT2D eigenvalue weighted by atomic mass is 10.0. The fourth-order valence-corrected chi connectivity index (χ4v) is 4.65. The largest absolute Gasteiger partial charge is 0.356 e. The summed E-state index contributed by atoms with van der Waals surface area (Å²) < 4.78 is 13.5. The van der Waals surface area contributed by atoms with Gasteiger partial charge in [-0.1, -0.05) is 42.5 Å². The Bertz CT molecular complexity index is 1260. The smallest absolute Gasteiger partial charge is 0.123 e. The molecule has 0 amide bonds. The van der Waals surface area contributed by atoms with E-state index in [1.165, 1.54) is 33.4 Å². The predicted octanol–water partition coefficient (Wildman–Crippen LogP) is 6.71. The molecule has 0 fully saturated rings. The van der Waals surface area contributed by atoms with Crippen molar-refractivity contribution in [3.63, 3.8) is 0 Å². The molecule has 1 nitrogen and oxygen atoms in total. The van der Waals surface area contributed by atoms with E-state index in [2.05, 4.69) is 66.0 Å². The number of benzene rings is 4. The van der Waals surface area contributed by atoms with Crippen molar-refractivity contribution < 1.29 is 4.39 Å². The third-order valence-corrected chi connectivity index (χ3v) is 5.93. The van der Waals surface area contributed by atoms with Gasteiger partial charge in [0.05, 0.1) is 0 Å². The number of halogens is 1. The molecule has 0 aromatic heterocycles. The second kappa shape index (κ2) is 5.80. The van der Waals surface area contributed by atoms with Crippen LogP contribution in [0.1, 0.15) is 22.3 Å². The Morgan fingerprint density at radius 3 is 1.79 bits per heavy atom. The van der Waals surface area contributed by atoms with E-state index in [-0.39, 0.29) is 5.82 Å². The third-order valence-electron chi connectivity index (χ3n) is 5.93. The van der Waals surface area contributed by atoms with Crippen LogP contribution >= 0.6 is 0 Å². The summed E-state index contributed by atoms with van der Waals surface area (Å²) in [6, 6.07) is 26.8. The van der Waals surface area contributed by atoms with E-state index in [4.69, 9.17) is 0 Å². The summed E-state index contributed by atoms with van der Waals surface area (Å²) in [4.78, 5) is 0. The molecule has 0 spiro atoms. The molecule has 0 saturated heterocycles. The average Bonchev–Trinajstić information content (AvgIpc) is 3.24. The van der Waals surface area contributed by atoms with E-state index >= 15 is 0 Å². The minimum absolute atomic E-state index is 0.163. The number of fused-ring (bicyclic) bond motifs is 6. The van der Waals surface area contributed by atoms with Gasteiger partial charge in [0.25, 0.3) is 0 Å². The van der Waals surface area contributed by atoms with Crippen molar-refractivity contribution >= 4 is 11.4 Å². The molecule has 28 heavy (non-hydrogen) atoms. The summed E-state index contributed by atoms with van der Waals surface area (Å²) in [7, 11) is 0. The van der Waals surface area contributed by atoms with E-state index in [1.807, 2.05) is 6.07 Å². The predicted molar refractivity (Wildman–Crippen MR) is 113 cm³/mol. The van der Waals surface area contributed by atoms with Crippen LogP contribution < -0.4 is 5.32 Å². The van der Waals surface area contributed by atoms with Gasteiger partial charge in [-0.15, -0.1) is 0 Å². The molecule has 0 bridgehead atoms. The van der Waals surface area contributed by atoms with Crippen LogP contribution in [0.3, 0.4) is 0 Å². The van der Waals surface area contributed by atoms with E-state index in [0.717, 1.165) is 35.3 Å². The molecule has 0 atom stereocenters. The van der Waals surface area contributed by atoms with Crippen molar-refractivity contribution in [3.8, 4) is 22.3 Å². The van der Waals surface area contributed by atoms with Gasteiger partial charge in [0.1, 0.15) is 5.82 Å². The first kappa shape index (κ1) is 15.6. The van der Waals surface area contributed by atoms with Crippen LogP contribution in [0.15, 0.2) is 78.9 Å². The Balaban J connectivity index is 1.30. The Morgan fingerprint density at radius 1 is 0.536 bits per heavy atom. The molecule has 6 rings (SSSR count). The minimum Gasteiger partial charge on any atom is -0.356 e. The normalized spacial score (nSPS) is 12.9. The summed E-state index contributed by atoms with van der Waals surface area (Å²) in [6.45, 7) is 0. The van der Waals surface area contributed by atoms with Gasteiger partial charge >= 0.3 is 0 Å². The zero-order chi connectivity index (χ0) is 18.7. The zero-order valence-corrected chi connectivity index (χ0v) is 15.3. The van der Waals surface area contributed by atoms with E-state index in [0.29, 0.717) is 0 Å². The van der Waals surface area contributed by atoms with Gasteiger partial charge in [0.15, 0.2) is 0 Å². The highest BCUT2D eigenvalue weighted by atomic mass is 19.1. The van der Waals surface area contributed by atoms with Crippen LogP contribution in [0.25, 0.3) is 22.3 Å². The first-order valence-electron chi connectivity index (χ1n) is 9.64. The highest BCUT2D eigenvalue weighted by Crippen LogP contribution is 2.40. The third kappa shape index (κ3) is 2.38. The molecular formula is C26H18FN. The first-order chi connectivity index (χ1) is 13.7. The van der Waals surface area contributed by atoms with Crippen molar-refractivity contribution in [2.24, 2.45) is 0 Å². The SMILES string of the molecule is Fc1ccc2c(c1)Cc1cc(Nc3ccc4c(c3)Cc3ccccc3-4)ccc1-2. The van der Waals surface area contributed by atoms with Gasteiger partial charge in [-0.25, -0.2) is 4.39 Å². The number of rotatable bonds is 2. The molecule has 0 radical (unpaired) electrons. The molecule has 4 aromatic rings. The Hall–Kier alpha value is -3.39. The molecular weight excluding hydrogens is 345 g/mol. The summed E-state index contributed by atoms with van der Waals surface area (Å²) >= 11 is 0. The molecule has 4 aromatic carbocycles. The van der Waals surface area contributed by atoms with Crippen LogP contribution in [0.2, 0.25) is 0 Å². The maximum atomic E-state index is 13.5. The Kier molecular flexibility index (Phi) is 3.24. The molecule has 2 aliphatic rings. The standard InChI is InChI=1S/C26H18FN/c27-20-5-8-24-17(13-20)12-19-15-22(7-10-26(19)24)28-21-6-9-25-18(14-21)11-16-3-1-2-4-23(16)25/h1-10,13-15,28H,11-12H2. The van der Waals surface area contributed by atoms with Gasteiger partial charge in [-0.3, -0.25) is 0 Å². The quantitative estimate of drug-likeness (QED) is 0.360. The number of hydrogen-bond donors (Lipinski definition) is 1. The van der Waals surface area contributed by atoms with Crippen LogP contribution in [0.5, 0.6) is 0 Å². The van der Waals surface area contributed by atoms with Crippen molar-refractivity contribution in [1.82, 2.24) is 0 Å². The molecule has 2 heteroatoms. The van der Waals surface area contributed by atoms with Crippen molar-refractivity contribution in [2.75, 3.05) is 5.32 Å². The maximum Gasteiger partial charge on any atom is 0.123 e.